The second kappa shape index (κ2) is 4.57. The fraction of sp³-hybridized carbons (Fsp3) is 0.571. The first-order valence-corrected chi connectivity index (χ1v) is 6.06. The highest BCUT2D eigenvalue weighted by Gasteiger charge is 2.31. The van der Waals surface area contributed by atoms with Gasteiger partial charge in [0.15, 0.2) is 0 Å². The summed E-state index contributed by atoms with van der Waals surface area (Å²) in [6.07, 6.45) is 2.09. The van der Waals surface area contributed by atoms with Gasteiger partial charge in [-0.05, 0) is 49.8 Å². The van der Waals surface area contributed by atoms with Crippen molar-refractivity contribution in [3.05, 3.63) is 22.8 Å². The molecule has 0 bridgehead atoms. The third-order valence-corrected chi connectivity index (χ3v) is 3.86. The van der Waals surface area contributed by atoms with Crippen LogP contribution in [-0.2, 0) is 0 Å². The molecule has 0 spiro atoms. The van der Waals surface area contributed by atoms with Gasteiger partial charge in [0, 0.05) is 11.6 Å². The van der Waals surface area contributed by atoms with Crippen molar-refractivity contribution in [2.75, 3.05) is 14.2 Å². The lowest BCUT2D eigenvalue weighted by atomic mass is 9.75. The summed E-state index contributed by atoms with van der Waals surface area (Å²) in [6.45, 7) is 4.14. The Labute approximate surface area is 103 Å². The van der Waals surface area contributed by atoms with Crippen LogP contribution >= 0.6 is 0 Å². The molecule has 17 heavy (non-hydrogen) atoms. The van der Waals surface area contributed by atoms with Gasteiger partial charge in [-0.25, -0.2) is 0 Å². The maximum atomic E-state index is 5.86. The van der Waals surface area contributed by atoms with Crippen molar-refractivity contribution in [2.24, 2.45) is 5.73 Å². The van der Waals surface area contributed by atoms with Crippen LogP contribution in [0.25, 0.3) is 0 Å². The molecule has 0 amide bonds. The van der Waals surface area contributed by atoms with Crippen LogP contribution in [0.2, 0.25) is 0 Å². The maximum Gasteiger partial charge on any atom is 0.125 e. The van der Waals surface area contributed by atoms with E-state index < -0.39 is 0 Å². The molecule has 2 N–H and O–H groups in total. The first-order chi connectivity index (χ1) is 8.08. The van der Waals surface area contributed by atoms with Crippen LogP contribution in [-0.4, -0.2) is 20.3 Å². The fourth-order valence-corrected chi connectivity index (χ4v) is 2.59. The molecule has 1 aromatic carbocycles. The monoisotopic (exact) mass is 235 g/mol. The minimum Gasteiger partial charge on any atom is -0.496 e. The topological polar surface area (TPSA) is 44.5 Å². The van der Waals surface area contributed by atoms with Crippen LogP contribution in [0.15, 0.2) is 6.07 Å². The molecule has 0 aliphatic heterocycles. The molecule has 3 heteroatoms. The predicted molar refractivity (Wildman–Crippen MR) is 69.0 cm³/mol. The summed E-state index contributed by atoms with van der Waals surface area (Å²) in [7, 11) is 3.45. The lowest BCUT2D eigenvalue weighted by Gasteiger charge is -2.34. The van der Waals surface area contributed by atoms with E-state index in [4.69, 9.17) is 15.2 Å². The summed E-state index contributed by atoms with van der Waals surface area (Å²) in [5.74, 6) is 2.46. The second-order valence-electron chi connectivity index (χ2n) is 4.88. The average molecular weight is 235 g/mol. The molecule has 94 valence electrons. The van der Waals surface area contributed by atoms with E-state index in [1.54, 1.807) is 14.2 Å². The zero-order chi connectivity index (χ0) is 12.6. The molecule has 1 saturated carbocycles. The number of hydrogen-bond donors (Lipinski definition) is 1. The van der Waals surface area contributed by atoms with Crippen molar-refractivity contribution in [2.45, 2.75) is 38.6 Å². The quantitative estimate of drug-likeness (QED) is 0.875. The van der Waals surface area contributed by atoms with Gasteiger partial charge in [0.2, 0.25) is 0 Å². The lowest BCUT2D eigenvalue weighted by Crippen LogP contribution is -2.35. The van der Waals surface area contributed by atoms with E-state index in [1.807, 2.05) is 0 Å². The molecule has 1 fully saturated rings. The van der Waals surface area contributed by atoms with Crippen LogP contribution in [0.5, 0.6) is 11.5 Å². The van der Waals surface area contributed by atoms with E-state index in [9.17, 15) is 0 Å². The van der Waals surface area contributed by atoms with Gasteiger partial charge in [0.25, 0.3) is 0 Å². The summed E-state index contributed by atoms with van der Waals surface area (Å²) in [6, 6.07) is 2.45. The van der Waals surface area contributed by atoms with E-state index in [0.29, 0.717) is 12.0 Å². The van der Waals surface area contributed by atoms with Crippen molar-refractivity contribution in [1.82, 2.24) is 0 Å². The molecule has 0 atom stereocenters. The van der Waals surface area contributed by atoms with Crippen molar-refractivity contribution in [3.63, 3.8) is 0 Å². The number of benzene rings is 1. The molecule has 0 saturated heterocycles. The largest absolute Gasteiger partial charge is 0.496 e. The molecule has 2 rings (SSSR count). The van der Waals surface area contributed by atoms with Gasteiger partial charge in [-0.3, -0.25) is 0 Å². The normalized spacial score (nSPS) is 23.1. The van der Waals surface area contributed by atoms with Gasteiger partial charge in [-0.2, -0.15) is 0 Å². The third kappa shape index (κ3) is 2.00. The molecular weight excluding hydrogens is 214 g/mol. The van der Waals surface area contributed by atoms with Crippen molar-refractivity contribution in [3.8, 4) is 11.5 Å². The Balaban J connectivity index is 2.45. The summed E-state index contributed by atoms with van der Waals surface area (Å²) in [5.41, 5.74) is 9.43. The molecule has 1 aliphatic carbocycles. The van der Waals surface area contributed by atoms with Crippen LogP contribution in [0.1, 0.15) is 35.4 Å². The zero-order valence-electron chi connectivity index (χ0n) is 11.0. The summed E-state index contributed by atoms with van der Waals surface area (Å²) >= 11 is 0. The van der Waals surface area contributed by atoms with Crippen LogP contribution < -0.4 is 15.2 Å². The number of rotatable bonds is 3. The standard InChI is InChI=1S/C14H21NO2/c1-8-9(2)14(17-4)12(7-13(8)16-3)10-5-11(15)6-10/h7,10-11H,5-6,15H2,1-4H3. The predicted octanol–water partition coefficient (Wildman–Crippen LogP) is 2.53. The van der Waals surface area contributed by atoms with E-state index in [1.165, 1.54) is 11.1 Å². The van der Waals surface area contributed by atoms with E-state index in [0.717, 1.165) is 29.9 Å². The van der Waals surface area contributed by atoms with Gasteiger partial charge < -0.3 is 15.2 Å². The lowest BCUT2D eigenvalue weighted by molar-refractivity contribution is 0.329. The Hall–Kier alpha value is -1.22. The average Bonchev–Trinajstić information content (AvgIpc) is 2.28. The Bertz CT molecular complexity index is 423. The molecule has 3 nitrogen and oxygen atoms in total. The number of nitrogens with two attached hydrogens (primary N) is 1. The smallest absolute Gasteiger partial charge is 0.125 e. The number of methoxy groups -OCH3 is 2. The van der Waals surface area contributed by atoms with Crippen molar-refractivity contribution >= 4 is 0 Å². The fourth-order valence-electron chi connectivity index (χ4n) is 2.59. The van der Waals surface area contributed by atoms with E-state index >= 15 is 0 Å². The molecule has 0 heterocycles. The molecular formula is C14H21NO2. The Kier molecular flexibility index (Phi) is 3.29. The second-order valence-corrected chi connectivity index (χ2v) is 4.88. The van der Waals surface area contributed by atoms with Crippen molar-refractivity contribution < 1.29 is 9.47 Å². The van der Waals surface area contributed by atoms with E-state index in [2.05, 4.69) is 19.9 Å². The number of hydrogen-bond acceptors (Lipinski definition) is 3. The van der Waals surface area contributed by atoms with E-state index in [-0.39, 0.29) is 0 Å². The van der Waals surface area contributed by atoms with Gasteiger partial charge in [-0.1, -0.05) is 0 Å². The minimum absolute atomic E-state index is 0.345. The van der Waals surface area contributed by atoms with Gasteiger partial charge in [0.05, 0.1) is 14.2 Å². The first kappa shape index (κ1) is 12.2. The molecule has 1 aromatic rings. The molecule has 0 unspecified atom stereocenters. The van der Waals surface area contributed by atoms with Gasteiger partial charge in [-0.15, -0.1) is 0 Å². The van der Waals surface area contributed by atoms with Crippen molar-refractivity contribution in [1.29, 1.82) is 0 Å². The Morgan fingerprint density at radius 2 is 1.76 bits per heavy atom. The van der Waals surface area contributed by atoms with Crippen LogP contribution in [0.4, 0.5) is 0 Å². The number of ether oxygens (including phenoxy) is 2. The SMILES string of the molecule is COc1cc(C2CC(N)C2)c(OC)c(C)c1C. The highest BCUT2D eigenvalue weighted by molar-refractivity contribution is 5.54. The van der Waals surface area contributed by atoms with Crippen LogP contribution in [0.3, 0.4) is 0 Å². The Morgan fingerprint density at radius 1 is 1.12 bits per heavy atom. The molecule has 1 aliphatic rings. The summed E-state index contributed by atoms with van der Waals surface area (Å²) in [5, 5.41) is 0. The molecule has 0 radical (unpaired) electrons. The summed E-state index contributed by atoms with van der Waals surface area (Å²) in [4.78, 5) is 0. The van der Waals surface area contributed by atoms with Crippen LogP contribution in [0, 0.1) is 13.8 Å². The molecule has 0 aromatic heterocycles. The minimum atomic E-state index is 0.345. The zero-order valence-corrected chi connectivity index (χ0v) is 11.0. The van der Waals surface area contributed by atoms with Gasteiger partial charge in [0.1, 0.15) is 11.5 Å². The Morgan fingerprint density at radius 3 is 2.24 bits per heavy atom. The van der Waals surface area contributed by atoms with Gasteiger partial charge >= 0.3 is 0 Å². The highest BCUT2D eigenvalue weighted by atomic mass is 16.5. The first-order valence-electron chi connectivity index (χ1n) is 6.06. The third-order valence-electron chi connectivity index (χ3n) is 3.86. The highest BCUT2D eigenvalue weighted by Crippen LogP contribution is 2.44. The summed E-state index contributed by atoms with van der Waals surface area (Å²) < 4.78 is 11.0. The maximum absolute atomic E-state index is 5.86.